The number of hydrogen-bond donors (Lipinski definition) is 2. The molecule has 1 unspecified atom stereocenters. The summed E-state index contributed by atoms with van der Waals surface area (Å²) >= 11 is 11.5. The number of alkyl halides is 3. The van der Waals surface area contributed by atoms with Gasteiger partial charge in [0, 0.05) is 17.8 Å². The number of ether oxygens (including phenoxy) is 1. The Morgan fingerprint density at radius 1 is 1.15 bits per heavy atom. The zero-order chi connectivity index (χ0) is 24.0. The molecule has 2 aromatic carbocycles. The molecule has 3 aromatic rings. The molecule has 0 bridgehead atoms. The Bertz CT molecular complexity index is 1140. The summed E-state index contributed by atoms with van der Waals surface area (Å²) in [5.41, 5.74) is 0.169. The van der Waals surface area contributed by atoms with Crippen molar-refractivity contribution in [3.8, 4) is 5.75 Å². The number of halogens is 4. The lowest BCUT2D eigenvalue weighted by atomic mass is 9.93. The van der Waals surface area contributed by atoms with E-state index in [1.165, 1.54) is 0 Å². The lowest BCUT2D eigenvalue weighted by Gasteiger charge is -2.20. The van der Waals surface area contributed by atoms with E-state index < -0.39 is 23.6 Å². The number of carbonyl (C=O) groups excluding carboxylic acids is 1. The average molecular weight is 494 g/mol. The molecule has 0 aliphatic rings. The smallest absolute Gasteiger partial charge is 0.416 e. The molecule has 0 saturated carbocycles. The first-order chi connectivity index (χ1) is 15.7. The van der Waals surface area contributed by atoms with Gasteiger partial charge in [-0.05, 0) is 53.7 Å². The summed E-state index contributed by atoms with van der Waals surface area (Å²) < 4.78 is 44.8. The van der Waals surface area contributed by atoms with E-state index >= 15 is 0 Å². The zero-order valence-corrected chi connectivity index (χ0v) is 18.9. The van der Waals surface area contributed by atoms with Gasteiger partial charge in [0.2, 0.25) is 5.91 Å². The molecule has 0 saturated heterocycles. The number of pyridine rings is 1. The summed E-state index contributed by atoms with van der Waals surface area (Å²) in [6, 6.07) is 15.3. The molecule has 1 aromatic heterocycles. The fourth-order valence-electron chi connectivity index (χ4n) is 3.08. The quantitative estimate of drug-likeness (QED) is 0.469. The van der Waals surface area contributed by atoms with Gasteiger partial charge in [0.15, 0.2) is 5.11 Å². The number of thiocarbonyl (C=S) groups is 1. The van der Waals surface area contributed by atoms with Crippen molar-refractivity contribution in [1.29, 1.82) is 0 Å². The molecule has 1 amide bonds. The van der Waals surface area contributed by atoms with E-state index in [-0.39, 0.29) is 15.8 Å². The fourth-order valence-corrected chi connectivity index (χ4v) is 3.50. The Labute approximate surface area is 198 Å². The van der Waals surface area contributed by atoms with Gasteiger partial charge in [-0.15, -0.1) is 0 Å². The predicted molar refractivity (Wildman–Crippen MR) is 123 cm³/mol. The molecule has 33 heavy (non-hydrogen) atoms. The van der Waals surface area contributed by atoms with E-state index in [0.717, 1.165) is 23.9 Å². The number of nitrogens with one attached hydrogen (secondary N) is 2. The first kappa shape index (κ1) is 24.5. The van der Waals surface area contributed by atoms with Crippen molar-refractivity contribution < 1.29 is 22.7 Å². The topological polar surface area (TPSA) is 63.2 Å². The highest BCUT2D eigenvalue weighted by atomic mass is 35.5. The second kappa shape index (κ2) is 10.6. The monoisotopic (exact) mass is 493 g/mol. The summed E-state index contributed by atoms with van der Waals surface area (Å²) in [5, 5.41) is 5.66. The normalized spacial score (nSPS) is 12.0. The van der Waals surface area contributed by atoms with Crippen LogP contribution in [0.2, 0.25) is 5.02 Å². The van der Waals surface area contributed by atoms with E-state index in [0.29, 0.717) is 17.9 Å². The molecule has 2 N–H and O–H groups in total. The van der Waals surface area contributed by atoms with Crippen LogP contribution in [0, 0.1) is 0 Å². The van der Waals surface area contributed by atoms with Crippen LogP contribution in [0.4, 0.5) is 13.2 Å². The standard InChI is InChI=1S/C23H19ClF3N3O2S/c1-32-16-8-6-14(7-9-16)13-29-22(33)30-21(31)20(17-4-2-3-5-18(17)24)19-12-15(10-11-28-19)23(25,26)27/h2-12,20H,13H2,1H3,(H2,29,30,31,33). The second-order valence-corrected chi connectivity index (χ2v) is 7.76. The maximum Gasteiger partial charge on any atom is 0.416 e. The number of hydrogen-bond acceptors (Lipinski definition) is 4. The Balaban J connectivity index is 1.81. The van der Waals surface area contributed by atoms with Crippen LogP contribution < -0.4 is 15.4 Å². The summed E-state index contributed by atoms with van der Waals surface area (Å²) in [7, 11) is 1.56. The van der Waals surface area contributed by atoms with E-state index in [4.69, 9.17) is 28.6 Å². The van der Waals surface area contributed by atoms with Crippen molar-refractivity contribution >= 4 is 34.8 Å². The Morgan fingerprint density at radius 3 is 2.48 bits per heavy atom. The van der Waals surface area contributed by atoms with Gasteiger partial charge in [0.05, 0.1) is 18.4 Å². The molecule has 0 radical (unpaired) electrons. The van der Waals surface area contributed by atoms with Crippen LogP contribution in [0.15, 0.2) is 66.9 Å². The SMILES string of the molecule is COc1ccc(CNC(=S)NC(=O)C(c2cc(C(F)(F)F)ccn2)c2ccccc2Cl)cc1. The minimum Gasteiger partial charge on any atom is -0.497 e. The summed E-state index contributed by atoms with van der Waals surface area (Å²) in [6.45, 7) is 0.321. The van der Waals surface area contributed by atoms with Crippen molar-refractivity contribution in [2.75, 3.05) is 7.11 Å². The van der Waals surface area contributed by atoms with Crippen molar-refractivity contribution in [3.05, 3.63) is 94.3 Å². The molecule has 0 fully saturated rings. The Morgan fingerprint density at radius 2 is 1.85 bits per heavy atom. The van der Waals surface area contributed by atoms with E-state index in [1.807, 2.05) is 12.1 Å². The third-order valence-corrected chi connectivity index (χ3v) is 5.32. The summed E-state index contributed by atoms with van der Waals surface area (Å²) in [5.74, 6) is -1.17. The molecule has 172 valence electrons. The largest absolute Gasteiger partial charge is 0.497 e. The molecule has 1 heterocycles. The van der Waals surface area contributed by atoms with Crippen molar-refractivity contribution in [3.63, 3.8) is 0 Å². The highest BCUT2D eigenvalue weighted by Crippen LogP contribution is 2.34. The minimum atomic E-state index is -4.59. The van der Waals surface area contributed by atoms with Crippen LogP contribution >= 0.6 is 23.8 Å². The van der Waals surface area contributed by atoms with Gasteiger partial charge in [-0.2, -0.15) is 13.2 Å². The molecule has 0 aliphatic heterocycles. The first-order valence-electron chi connectivity index (χ1n) is 9.68. The van der Waals surface area contributed by atoms with Crippen LogP contribution in [0.3, 0.4) is 0 Å². The van der Waals surface area contributed by atoms with E-state index in [9.17, 15) is 18.0 Å². The molecule has 10 heteroatoms. The average Bonchev–Trinajstić information content (AvgIpc) is 2.79. The van der Waals surface area contributed by atoms with Crippen LogP contribution in [0.5, 0.6) is 5.75 Å². The van der Waals surface area contributed by atoms with Crippen LogP contribution in [0.25, 0.3) is 0 Å². The number of aromatic nitrogens is 1. The second-order valence-electron chi connectivity index (χ2n) is 6.94. The number of amides is 1. The molecular formula is C23H19ClF3N3O2S. The Kier molecular flexibility index (Phi) is 7.88. The van der Waals surface area contributed by atoms with Gasteiger partial charge < -0.3 is 15.4 Å². The number of methoxy groups -OCH3 is 1. The van der Waals surface area contributed by atoms with Gasteiger partial charge >= 0.3 is 6.18 Å². The zero-order valence-electron chi connectivity index (χ0n) is 17.3. The Hall–Kier alpha value is -3.17. The third kappa shape index (κ3) is 6.43. The van der Waals surface area contributed by atoms with Crippen molar-refractivity contribution in [2.24, 2.45) is 0 Å². The number of carbonyl (C=O) groups is 1. The number of rotatable bonds is 6. The number of nitrogens with zero attached hydrogens (tertiary/aromatic N) is 1. The molecular weight excluding hydrogens is 475 g/mol. The van der Waals surface area contributed by atoms with E-state index in [1.54, 1.807) is 43.5 Å². The van der Waals surface area contributed by atoms with Crippen LogP contribution in [0.1, 0.15) is 28.3 Å². The fraction of sp³-hybridized carbons (Fsp3) is 0.174. The highest BCUT2D eigenvalue weighted by molar-refractivity contribution is 7.80. The lowest BCUT2D eigenvalue weighted by Crippen LogP contribution is -2.41. The van der Waals surface area contributed by atoms with Gasteiger partial charge in [0.25, 0.3) is 0 Å². The predicted octanol–water partition coefficient (Wildman–Crippen LogP) is 5.09. The number of benzene rings is 2. The lowest BCUT2D eigenvalue weighted by molar-refractivity contribution is -0.137. The van der Waals surface area contributed by atoms with Gasteiger partial charge in [-0.1, -0.05) is 41.9 Å². The maximum atomic E-state index is 13.2. The van der Waals surface area contributed by atoms with Crippen molar-refractivity contribution in [1.82, 2.24) is 15.6 Å². The molecule has 5 nitrogen and oxygen atoms in total. The summed E-state index contributed by atoms with van der Waals surface area (Å²) in [4.78, 5) is 17.1. The van der Waals surface area contributed by atoms with Crippen LogP contribution in [-0.2, 0) is 17.5 Å². The van der Waals surface area contributed by atoms with E-state index in [2.05, 4.69) is 15.6 Å². The van der Waals surface area contributed by atoms with Crippen molar-refractivity contribution in [2.45, 2.75) is 18.6 Å². The van der Waals surface area contributed by atoms with Gasteiger partial charge in [-0.3, -0.25) is 9.78 Å². The van der Waals surface area contributed by atoms with Crippen LogP contribution in [-0.4, -0.2) is 23.1 Å². The maximum absolute atomic E-state index is 13.2. The first-order valence-corrected chi connectivity index (χ1v) is 10.5. The molecule has 0 spiro atoms. The minimum absolute atomic E-state index is 0.0137. The summed E-state index contributed by atoms with van der Waals surface area (Å²) in [6.07, 6.45) is -3.58. The van der Waals surface area contributed by atoms with Gasteiger partial charge in [0.1, 0.15) is 11.7 Å². The highest BCUT2D eigenvalue weighted by Gasteiger charge is 2.33. The molecule has 0 aliphatic carbocycles. The molecule has 1 atom stereocenters. The van der Waals surface area contributed by atoms with Gasteiger partial charge in [-0.25, -0.2) is 0 Å². The third-order valence-electron chi connectivity index (χ3n) is 4.73. The molecule has 3 rings (SSSR count).